The molecule has 0 saturated carbocycles. The van der Waals surface area contributed by atoms with E-state index in [9.17, 15) is 17.6 Å². The maximum absolute atomic E-state index is 13.2. The third-order valence-corrected chi connectivity index (χ3v) is 5.64. The molecule has 2 aromatic rings. The fourth-order valence-corrected chi connectivity index (χ4v) is 3.98. The summed E-state index contributed by atoms with van der Waals surface area (Å²) in [6, 6.07) is 9.03. The second-order valence-corrected chi connectivity index (χ2v) is 7.43. The normalized spacial score (nSPS) is 11.1. The second kappa shape index (κ2) is 8.72. The Morgan fingerprint density at radius 3 is 2.33 bits per heavy atom. The smallest absolute Gasteiger partial charge is 0.303 e. The van der Waals surface area contributed by atoms with Gasteiger partial charge in [-0.05, 0) is 42.8 Å². The van der Waals surface area contributed by atoms with E-state index in [1.807, 2.05) is 0 Å². The standard InChI is InChI=1S/C18H20FNO6S/c1-25-14-7-10-16(17(12-14)26-2)20(11-3-4-18(21)22)27(23,24)15-8-5-13(19)6-9-15/h5-10,12H,3-4,11H2,1-2H3,(H,21,22). The average molecular weight is 397 g/mol. The van der Waals surface area contributed by atoms with Crippen molar-refractivity contribution >= 4 is 21.7 Å². The molecule has 0 aliphatic carbocycles. The quantitative estimate of drug-likeness (QED) is 0.699. The van der Waals surface area contributed by atoms with Crippen LogP contribution >= 0.6 is 0 Å². The number of anilines is 1. The van der Waals surface area contributed by atoms with Crippen LogP contribution in [0.25, 0.3) is 0 Å². The monoisotopic (exact) mass is 397 g/mol. The van der Waals surface area contributed by atoms with Gasteiger partial charge in [0.15, 0.2) is 0 Å². The van der Waals surface area contributed by atoms with Gasteiger partial charge in [0.1, 0.15) is 17.3 Å². The minimum Gasteiger partial charge on any atom is -0.497 e. The highest BCUT2D eigenvalue weighted by atomic mass is 32.2. The first kappa shape index (κ1) is 20.5. The van der Waals surface area contributed by atoms with Gasteiger partial charge >= 0.3 is 5.97 Å². The third-order valence-electron chi connectivity index (χ3n) is 3.81. The summed E-state index contributed by atoms with van der Waals surface area (Å²) in [6.07, 6.45) is -0.112. The minimum absolute atomic E-state index is 0.0882. The van der Waals surface area contributed by atoms with Gasteiger partial charge in [-0.1, -0.05) is 0 Å². The number of benzene rings is 2. The highest BCUT2D eigenvalue weighted by Gasteiger charge is 2.27. The molecule has 0 amide bonds. The van der Waals surface area contributed by atoms with Crippen LogP contribution in [0.1, 0.15) is 12.8 Å². The summed E-state index contributed by atoms with van der Waals surface area (Å²) >= 11 is 0. The van der Waals surface area contributed by atoms with Crippen molar-refractivity contribution in [3.05, 3.63) is 48.3 Å². The van der Waals surface area contributed by atoms with Gasteiger partial charge in [0.2, 0.25) is 0 Å². The Hall–Kier alpha value is -2.81. The first-order chi connectivity index (χ1) is 12.8. The van der Waals surface area contributed by atoms with E-state index in [1.165, 1.54) is 26.4 Å². The maximum Gasteiger partial charge on any atom is 0.303 e. The fourth-order valence-electron chi connectivity index (χ4n) is 2.47. The molecule has 0 unspecified atom stereocenters. The molecule has 0 fully saturated rings. The van der Waals surface area contributed by atoms with Crippen LogP contribution in [-0.4, -0.2) is 40.3 Å². The van der Waals surface area contributed by atoms with Gasteiger partial charge in [-0.3, -0.25) is 9.10 Å². The zero-order valence-corrected chi connectivity index (χ0v) is 15.7. The summed E-state index contributed by atoms with van der Waals surface area (Å²) in [5.41, 5.74) is 0.230. The Bertz CT molecular complexity index is 899. The summed E-state index contributed by atoms with van der Waals surface area (Å²) < 4.78 is 50.9. The largest absolute Gasteiger partial charge is 0.497 e. The molecule has 0 spiro atoms. The molecule has 7 nitrogen and oxygen atoms in total. The molecule has 2 aromatic carbocycles. The minimum atomic E-state index is -4.07. The summed E-state index contributed by atoms with van der Waals surface area (Å²) in [4.78, 5) is 10.7. The number of ether oxygens (including phenoxy) is 2. The molecule has 0 bridgehead atoms. The SMILES string of the molecule is COc1ccc(N(CCCC(=O)O)S(=O)(=O)c2ccc(F)cc2)c(OC)c1. The Labute approximate surface area is 157 Å². The number of aliphatic carboxylic acids is 1. The van der Waals surface area contributed by atoms with Crippen LogP contribution < -0.4 is 13.8 Å². The number of sulfonamides is 1. The average Bonchev–Trinajstić information content (AvgIpc) is 2.65. The molecule has 2 rings (SSSR count). The molecule has 0 aromatic heterocycles. The molecule has 9 heteroatoms. The number of halogens is 1. The van der Waals surface area contributed by atoms with Crippen LogP contribution in [0.3, 0.4) is 0 Å². The molecule has 0 atom stereocenters. The lowest BCUT2D eigenvalue weighted by Crippen LogP contribution is -2.32. The van der Waals surface area contributed by atoms with Gasteiger partial charge in [-0.2, -0.15) is 0 Å². The highest BCUT2D eigenvalue weighted by Crippen LogP contribution is 2.35. The van der Waals surface area contributed by atoms with Crippen molar-refractivity contribution in [3.8, 4) is 11.5 Å². The van der Waals surface area contributed by atoms with Gasteiger partial charge in [0.05, 0.1) is 24.8 Å². The highest BCUT2D eigenvalue weighted by molar-refractivity contribution is 7.92. The maximum atomic E-state index is 13.2. The van der Waals surface area contributed by atoms with E-state index in [1.54, 1.807) is 6.07 Å². The Morgan fingerprint density at radius 1 is 1.11 bits per heavy atom. The van der Waals surface area contributed by atoms with E-state index in [2.05, 4.69) is 0 Å². The van der Waals surface area contributed by atoms with Gasteiger partial charge in [-0.15, -0.1) is 0 Å². The lowest BCUT2D eigenvalue weighted by atomic mass is 10.2. The van der Waals surface area contributed by atoms with E-state index >= 15 is 0 Å². The van der Waals surface area contributed by atoms with E-state index in [4.69, 9.17) is 14.6 Å². The van der Waals surface area contributed by atoms with Crippen molar-refractivity contribution in [3.63, 3.8) is 0 Å². The van der Waals surface area contributed by atoms with Gasteiger partial charge in [0, 0.05) is 19.0 Å². The lowest BCUT2D eigenvalue weighted by Gasteiger charge is -2.26. The van der Waals surface area contributed by atoms with Gasteiger partial charge in [-0.25, -0.2) is 12.8 Å². The van der Waals surface area contributed by atoms with Crippen molar-refractivity contribution in [1.29, 1.82) is 0 Å². The zero-order valence-electron chi connectivity index (χ0n) is 14.9. The molecule has 1 N–H and O–H groups in total. The molecular weight excluding hydrogens is 377 g/mol. The van der Waals surface area contributed by atoms with Crippen molar-refractivity contribution in [2.45, 2.75) is 17.7 Å². The first-order valence-electron chi connectivity index (χ1n) is 8.01. The summed E-state index contributed by atoms with van der Waals surface area (Å²) in [7, 11) is -1.21. The molecule has 0 radical (unpaired) electrons. The van der Waals surface area contributed by atoms with Gasteiger partial charge in [0.25, 0.3) is 10.0 Å². The van der Waals surface area contributed by atoms with Crippen LogP contribution in [0.5, 0.6) is 11.5 Å². The van der Waals surface area contributed by atoms with Crippen LogP contribution in [-0.2, 0) is 14.8 Å². The molecular formula is C18H20FNO6S. The van der Waals surface area contributed by atoms with E-state index in [0.29, 0.717) is 5.75 Å². The summed E-state index contributed by atoms with van der Waals surface area (Å²) in [5, 5.41) is 8.87. The van der Waals surface area contributed by atoms with E-state index in [0.717, 1.165) is 28.6 Å². The number of hydrogen-bond donors (Lipinski definition) is 1. The number of methoxy groups -OCH3 is 2. The first-order valence-corrected chi connectivity index (χ1v) is 9.45. The second-order valence-electron chi connectivity index (χ2n) is 5.57. The van der Waals surface area contributed by atoms with E-state index < -0.39 is 21.8 Å². The van der Waals surface area contributed by atoms with Gasteiger partial charge < -0.3 is 14.6 Å². The number of hydrogen-bond acceptors (Lipinski definition) is 5. The number of carboxylic acids is 1. The number of carbonyl (C=O) groups is 1. The Morgan fingerprint density at radius 2 is 1.78 bits per heavy atom. The number of nitrogens with zero attached hydrogens (tertiary/aromatic N) is 1. The van der Waals surface area contributed by atoms with Crippen LogP contribution in [0.2, 0.25) is 0 Å². The zero-order chi connectivity index (χ0) is 20.0. The Balaban J connectivity index is 2.51. The van der Waals surface area contributed by atoms with Crippen molar-refractivity contribution < 1.29 is 32.2 Å². The molecule has 0 aliphatic rings. The summed E-state index contributed by atoms with van der Waals surface area (Å²) in [6.45, 7) is -0.0886. The predicted octanol–water partition coefficient (Wildman–Crippen LogP) is 2.90. The van der Waals surface area contributed by atoms with Crippen molar-refractivity contribution in [2.24, 2.45) is 0 Å². The molecule has 146 valence electrons. The predicted molar refractivity (Wildman–Crippen MR) is 97.3 cm³/mol. The van der Waals surface area contributed by atoms with E-state index in [-0.39, 0.29) is 35.7 Å². The lowest BCUT2D eigenvalue weighted by molar-refractivity contribution is -0.137. The topological polar surface area (TPSA) is 93.1 Å². The number of rotatable bonds is 9. The molecule has 0 aliphatic heterocycles. The molecule has 27 heavy (non-hydrogen) atoms. The van der Waals surface area contributed by atoms with Crippen LogP contribution in [0.15, 0.2) is 47.4 Å². The molecule has 0 saturated heterocycles. The molecule has 0 heterocycles. The van der Waals surface area contributed by atoms with Crippen molar-refractivity contribution in [1.82, 2.24) is 0 Å². The van der Waals surface area contributed by atoms with Crippen LogP contribution in [0.4, 0.5) is 10.1 Å². The third kappa shape index (κ3) is 4.88. The Kier molecular flexibility index (Phi) is 6.62. The summed E-state index contributed by atoms with van der Waals surface area (Å²) in [5.74, 6) is -0.875. The number of carboxylic acid groups (broad SMARTS) is 1. The fraction of sp³-hybridized carbons (Fsp3) is 0.278. The van der Waals surface area contributed by atoms with Crippen LogP contribution in [0, 0.1) is 5.82 Å². The van der Waals surface area contributed by atoms with Crippen molar-refractivity contribution in [2.75, 3.05) is 25.1 Å².